The number of likely N-dealkylation sites (tertiary alicyclic amines) is 1. The summed E-state index contributed by atoms with van der Waals surface area (Å²) in [6.45, 7) is 3.23. The molecule has 4 heterocycles. The van der Waals surface area contributed by atoms with Crippen LogP contribution in [-0.4, -0.2) is 51.6 Å². The predicted octanol–water partition coefficient (Wildman–Crippen LogP) is 2.05. The molecular weight excluding hydrogens is 413 g/mol. The van der Waals surface area contributed by atoms with Crippen LogP contribution in [0.25, 0.3) is 0 Å². The number of fused-ring (bicyclic) bond motifs is 1. The van der Waals surface area contributed by atoms with E-state index in [2.05, 4.69) is 16.0 Å². The summed E-state index contributed by atoms with van der Waals surface area (Å²) >= 11 is 0. The van der Waals surface area contributed by atoms with E-state index in [9.17, 15) is 14.0 Å². The van der Waals surface area contributed by atoms with E-state index in [0.717, 1.165) is 24.1 Å². The van der Waals surface area contributed by atoms with Crippen LogP contribution in [-0.2, 0) is 11.8 Å². The van der Waals surface area contributed by atoms with E-state index in [-0.39, 0.29) is 42.2 Å². The summed E-state index contributed by atoms with van der Waals surface area (Å²) in [6, 6.07) is 3.80. The molecule has 0 spiro atoms. The first kappa shape index (κ1) is 21.1. The van der Waals surface area contributed by atoms with E-state index in [1.807, 2.05) is 25.1 Å². The number of ether oxygens (including phenoxy) is 1. The fourth-order valence-corrected chi connectivity index (χ4v) is 5.20. The van der Waals surface area contributed by atoms with Crippen LogP contribution in [0.1, 0.15) is 53.3 Å². The third kappa shape index (κ3) is 3.91. The molecule has 3 aliphatic rings. The van der Waals surface area contributed by atoms with Crippen LogP contribution in [0, 0.1) is 18.7 Å². The Morgan fingerprint density at radius 3 is 2.94 bits per heavy atom. The summed E-state index contributed by atoms with van der Waals surface area (Å²) in [6.07, 6.45) is 4.33. The monoisotopic (exact) mass is 441 g/mol. The number of halogens is 1. The number of aromatic nitrogens is 2. The molecule has 0 radical (unpaired) electrons. The molecule has 1 aromatic heterocycles. The van der Waals surface area contributed by atoms with Crippen LogP contribution in [0.15, 0.2) is 24.4 Å². The molecule has 1 amide bonds. The minimum absolute atomic E-state index is 0.0365. The molecule has 2 saturated heterocycles. The van der Waals surface area contributed by atoms with Crippen LogP contribution in [0.2, 0.25) is 0 Å². The van der Waals surface area contributed by atoms with Crippen molar-refractivity contribution in [2.45, 2.75) is 50.8 Å². The molecule has 8 nitrogen and oxygen atoms in total. The zero-order valence-corrected chi connectivity index (χ0v) is 18.3. The van der Waals surface area contributed by atoms with Crippen molar-refractivity contribution < 1.29 is 18.7 Å². The summed E-state index contributed by atoms with van der Waals surface area (Å²) in [4.78, 5) is 27.7. The highest BCUT2D eigenvalue weighted by molar-refractivity contribution is 6.00. The molecule has 4 unspecified atom stereocenters. The Labute approximate surface area is 186 Å². The molecule has 4 atom stereocenters. The number of hydrogen-bond donors (Lipinski definition) is 2. The van der Waals surface area contributed by atoms with Gasteiger partial charge in [-0.25, -0.2) is 15.2 Å². The van der Waals surface area contributed by atoms with Gasteiger partial charge in [0.2, 0.25) is 5.91 Å². The van der Waals surface area contributed by atoms with E-state index in [1.165, 1.54) is 18.2 Å². The zero-order chi connectivity index (χ0) is 22.4. The van der Waals surface area contributed by atoms with Crippen LogP contribution < -0.4 is 15.6 Å². The van der Waals surface area contributed by atoms with Crippen molar-refractivity contribution >= 4 is 11.7 Å². The first-order chi connectivity index (χ1) is 15.4. The van der Waals surface area contributed by atoms with E-state index in [1.54, 1.807) is 4.68 Å². The number of carbonyl (C=O) groups excluding carboxylic acids is 2. The van der Waals surface area contributed by atoms with E-state index in [0.29, 0.717) is 30.8 Å². The van der Waals surface area contributed by atoms with Gasteiger partial charge in [0.1, 0.15) is 23.7 Å². The zero-order valence-electron chi connectivity index (χ0n) is 18.3. The lowest BCUT2D eigenvalue weighted by atomic mass is 9.86. The molecule has 9 heteroatoms. The summed E-state index contributed by atoms with van der Waals surface area (Å²) in [5.41, 5.74) is 8.76. The van der Waals surface area contributed by atoms with Gasteiger partial charge in [-0.3, -0.25) is 14.3 Å². The lowest BCUT2D eigenvalue weighted by Crippen LogP contribution is -2.51. The molecule has 3 aliphatic heterocycles. The highest BCUT2D eigenvalue weighted by atomic mass is 19.1. The number of ketones is 1. The van der Waals surface area contributed by atoms with Crippen LogP contribution in [0.4, 0.5) is 4.39 Å². The number of nitrogens with zero attached hydrogens (tertiary/aromatic N) is 3. The maximum Gasteiger partial charge on any atom is 0.241 e. The Hall–Kier alpha value is -2.78. The Morgan fingerprint density at radius 2 is 2.16 bits per heavy atom. The molecule has 0 saturated carbocycles. The minimum Gasteiger partial charge on any atom is -0.489 e. The number of Topliss-reactive ketones (excluding diaryl/α,β-unsaturated/α-hetero) is 1. The molecule has 32 heavy (non-hydrogen) atoms. The molecule has 0 aliphatic carbocycles. The van der Waals surface area contributed by atoms with Crippen molar-refractivity contribution in [1.29, 1.82) is 0 Å². The topological polar surface area (TPSA) is 88.5 Å². The number of aryl methyl sites for hydroxylation is 2. The van der Waals surface area contributed by atoms with Gasteiger partial charge in [0.25, 0.3) is 0 Å². The third-order valence-electron chi connectivity index (χ3n) is 6.83. The predicted molar refractivity (Wildman–Crippen MR) is 114 cm³/mol. The maximum absolute atomic E-state index is 13.5. The Balaban J connectivity index is 1.23. The number of rotatable bonds is 3. The van der Waals surface area contributed by atoms with Crippen molar-refractivity contribution in [1.82, 2.24) is 25.5 Å². The highest BCUT2D eigenvalue weighted by Gasteiger charge is 2.39. The molecule has 1 aromatic carbocycles. The number of carbonyl (C=O) groups is 2. The Kier molecular flexibility index (Phi) is 5.46. The normalized spacial score (nSPS) is 27.8. The first-order valence-corrected chi connectivity index (χ1v) is 11.2. The number of piperidine rings is 1. The number of hydrogen-bond acceptors (Lipinski definition) is 6. The molecule has 2 fully saturated rings. The van der Waals surface area contributed by atoms with Crippen LogP contribution in [0.3, 0.4) is 0 Å². The third-order valence-corrected chi connectivity index (χ3v) is 6.83. The first-order valence-electron chi connectivity index (χ1n) is 11.2. The molecular formula is C23H28FN5O3. The number of amides is 1. The number of benzene rings is 1. The molecule has 0 bridgehead atoms. The fraction of sp³-hybridized carbons (Fsp3) is 0.522. The molecule has 2 N–H and O–H groups in total. The van der Waals surface area contributed by atoms with E-state index >= 15 is 0 Å². The number of nitrogens with one attached hydrogen (secondary N) is 2. The summed E-state index contributed by atoms with van der Waals surface area (Å²) in [5.74, 6) is 0.0328. The maximum atomic E-state index is 13.5. The summed E-state index contributed by atoms with van der Waals surface area (Å²) in [7, 11) is 1.89. The lowest BCUT2D eigenvalue weighted by molar-refractivity contribution is -0.135. The van der Waals surface area contributed by atoms with Gasteiger partial charge in [0.05, 0.1) is 17.3 Å². The van der Waals surface area contributed by atoms with Gasteiger partial charge in [-0.1, -0.05) is 0 Å². The Bertz CT molecular complexity index is 1050. The second-order valence-corrected chi connectivity index (χ2v) is 9.08. The second-order valence-electron chi connectivity index (χ2n) is 9.08. The van der Waals surface area contributed by atoms with Gasteiger partial charge in [-0.2, -0.15) is 5.10 Å². The quantitative estimate of drug-likeness (QED) is 0.758. The van der Waals surface area contributed by atoms with Crippen molar-refractivity contribution in [3.05, 3.63) is 47.0 Å². The smallest absolute Gasteiger partial charge is 0.241 e. The van der Waals surface area contributed by atoms with E-state index < -0.39 is 5.82 Å². The largest absolute Gasteiger partial charge is 0.489 e. The van der Waals surface area contributed by atoms with Crippen molar-refractivity contribution in [3.8, 4) is 5.75 Å². The summed E-state index contributed by atoms with van der Waals surface area (Å²) < 4.78 is 21.4. The van der Waals surface area contributed by atoms with Crippen molar-refractivity contribution in [2.75, 3.05) is 13.1 Å². The Morgan fingerprint density at radius 1 is 1.31 bits per heavy atom. The lowest BCUT2D eigenvalue weighted by Gasteiger charge is -2.39. The molecule has 170 valence electrons. The van der Waals surface area contributed by atoms with Crippen LogP contribution in [0.5, 0.6) is 5.75 Å². The average Bonchev–Trinajstić information content (AvgIpc) is 3.39. The van der Waals surface area contributed by atoms with Gasteiger partial charge in [0.15, 0.2) is 5.78 Å². The van der Waals surface area contributed by atoms with Crippen LogP contribution >= 0.6 is 0 Å². The minimum atomic E-state index is -0.439. The van der Waals surface area contributed by atoms with Gasteiger partial charge in [-0.05, 0) is 44.4 Å². The standard InChI is InChI=1S/C23H28FN5O3/c1-13-17(12-28(2)27-13)18-9-19(26-25-18)23(31)29-7-3-4-14(11-29)22-10-20(30)16-8-15(24)5-6-21(16)32-22/h5-6,8,12,14,18-19,22,25-26H,3-4,7,9-11H2,1-2H3. The molecule has 5 rings (SSSR count). The number of hydrazine groups is 1. The van der Waals surface area contributed by atoms with Gasteiger partial charge in [-0.15, -0.1) is 0 Å². The average molecular weight is 442 g/mol. The van der Waals surface area contributed by atoms with Gasteiger partial charge < -0.3 is 9.64 Å². The fourth-order valence-electron chi connectivity index (χ4n) is 5.20. The highest BCUT2D eigenvalue weighted by Crippen LogP contribution is 2.34. The molecule has 2 aromatic rings. The van der Waals surface area contributed by atoms with Crippen molar-refractivity contribution in [3.63, 3.8) is 0 Å². The van der Waals surface area contributed by atoms with Gasteiger partial charge in [0, 0.05) is 44.2 Å². The van der Waals surface area contributed by atoms with Crippen molar-refractivity contribution in [2.24, 2.45) is 13.0 Å². The van der Waals surface area contributed by atoms with Gasteiger partial charge >= 0.3 is 0 Å². The summed E-state index contributed by atoms with van der Waals surface area (Å²) in [5, 5.41) is 4.40. The van der Waals surface area contributed by atoms with E-state index in [4.69, 9.17) is 4.74 Å². The SMILES string of the molecule is Cc1nn(C)cc1C1CC(C(=O)N2CCCC(C3CC(=O)c4cc(F)ccc4O3)C2)NN1. The second kappa shape index (κ2) is 8.29.